The Morgan fingerprint density at radius 1 is 0.765 bits per heavy atom. The summed E-state index contributed by atoms with van der Waals surface area (Å²) in [6, 6.07) is 6.05. The van der Waals surface area contributed by atoms with E-state index in [4.69, 9.17) is 0 Å². The summed E-state index contributed by atoms with van der Waals surface area (Å²) in [5, 5.41) is 2.91. The molecular formula is C24H35NO7S2. The van der Waals surface area contributed by atoms with Gasteiger partial charge in [0.1, 0.15) is 4.90 Å². The van der Waals surface area contributed by atoms with Gasteiger partial charge < -0.3 is 5.32 Å². The fraction of sp³-hybridized carbons (Fsp3) is 0.542. The van der Waals surface area contributed by atoms with E-state index in [2.05, 4.69) is 12.2 Å². The highest BCUT2D eigenvalue weighted by molar-refractivity contribution is 7.86. The highest BCUT2D eigenvalue weighted by Crippen LogP contribution is 2.29. The van der Waals surface area contributed by atoms with E-state index in [0.717, 1.165) is 25.3 Å². The van der Waals surface area contributed by atoms with Crippen molar-refractivity contribution in [3.05, 3.63) is 30.3 Å². The monoisotopic (exact) mass is 513 g/mol. The molecule has 0 radical (unpaired) electrons. The summed E-state index contributed by atoms with van der Waals surface area (Å²) >= 11 is 0. The van der Waals surface area contributed by atoms with Crippen LogP contribution in [-0.2, 0) is 25.0 Å². The zero-order valence-corrected chi connectivity index (χ0v) is 21.3. The standard InChI is InChI=1S/C24H35NO7S2/c1-2-3-4-5-6-7-8-9-10-11-12-13-24(26)25-20-15-14-19-16-21(33(27,28)29)18-23(22(19)17-20)34(30,31)32/h14-18H,2-13H2,1H3,(H,25,26)(H,27,28,29)(H,30,31,32). The molecule has 2 aromatic carbocycles. The Morgan fingerprint density at radius 2 is 1.32 bits per heavy atom. The molecule has 0 saturated heterocycles. The SMILES string of the molecule is CCCCCCCCCCCCCC(=O)Nc1ccc2cc(S(=O)(=O)O)cc(S(=O)(=O)O)c2c1. The van der Waals surface area contributed by atoms with Gasteiger partial charge in [0.05, 0.1) is 4.90 Å². The Labute approximate surface area is 202 Å². The maximum Gasteiger partial charge on any atom is 0.295 e. The van der Waals surface area contributed by atoms with Crippen molar-refractivity contribution in [1.82, 2.24) is 0 Å². The molecule has 34 heavy (non-hydrogen) atoms. The largest absolute Gasteiger partial charge is 0.326 e. The number of benzene rings is 2. The van der Waals surface area contributed by atoms with Gasteiger partial charge in [0.15, 0.2) is 0 Å². The van der Waals surface area contributed by atoms with Crippen LogP contribution in [0.25, 0.3) is 10.8 Å². The Balaban J connectivity index is 1.87. The minimum atomic E-state index is -4.78. The van der Waals surface area contributed by atoms with E-state index in [1.807, 2.05) is 0 Å². The highest BCUT2D eigenvalue weighted by atomic mass is 32.2. The molecule has 0 aliphatic carbocycles. The summed E-state index contributed by atoms with van der Waals surface area (Å²) in [7, 11) is -9.46. The van der Waals surface area contributed by atoms with Crippen molar-refractivity contribution < 1.29 is 30.7 Å². The Hall–Kier alpha value is -2.01. The fourth-order valence-electron chi connectivity index (χ4n) is 3.91. The van der Waals surface area contributed by atoms with Gasteiger partial charge in [-0.25, -0.2) is 0 Å². The van der Waals surface area contributed by atoms with Gasteiger partial charge in [-0.3, -0.25) is 13.9 Å². The first-order chi connectivity index (χ1) is 16.0. The minimum absolute atomic E-state index is 0.0300. The average molecular weight is 514 g/mol. The first-order valence-electron chi connectivity index (χ1n) is 11.8. The Kier molecular flexibility index (Phi) is 10.9. The number of fused-ring (bicyclic) bond motifs is 1. The molecule has 2 rings (SSSR count). The number of hydrogen-bond acceptors (Lipinski definition) is 5. The first-order valence-corrected chi connectivity index (χ1v) is 14.7. The molecule has 0 atom stereocenters. The van der Waals surface area contributed by atoms with Crippen molar-refractivity contribution in [3.8, 4) is 0 Å². The van der Waals surface area contributed by atoms with Crippen LogP contribution in [0.15, 0.2) is 40.1 Å². The molecule has 0 bridgehead atoms. The molecular weight excluding hydrogens is 478 g/mol. The lowest BCUT2D eigenvalue weighted by atomic mass is 10.1. The second kappa shape index (κ2) is 13.2. The number of anilines is 1. The van der Waals surface area contributed by atoms with Crippen molar-refractivity contribution in [2.75, 3.05) is 5.32 Å². The molecule has 2 aromatic rings. The summed E-state index contributed by atoms with van der Waals surface area (Å²) in [5.74, 6) is -0.210. The van der Waals surface area contributed by atoms with Gasteiger partial charge in [-0.05, 0) is 36.1 Å². The maximum absolute atomic E-state index is 12.3. The van der Waals surface area contributed by atoms with Crippen molar-refractivity contribution in [2.24, 2.45) is 0 Å². The summed E-state index contributed by atoms with van der Waals surface area (Å²) < 4.78 is 65.2. The Morgan fingerprint density at radius 3 is 1.85 bits per heavy atom. The summed E-state index contributed by atoms with van der Waals surface area (Å²) in [6.45, 7) is 2.21. The van der Waals surface area contributed by atoms with E-state index < -0.39 is 30.0 Å². The highest BCUT2D eigenvalue weighted by Gasteiger charge is 2.20. The fourth-order valence-corrected chi connectivity index (χ4v) is 5.26. The van der Waals surface area contributed by atoms with E-state index in [9.17, 15) is 30.7 Å². The van der Waals surface area contributed by atoms with Gasteiger partial charge in [-0.1, -0.05) is 77.2 Å². The van der Waals surface area contributed by atoms with Crippen LogP contribution < -0.4 is 5.32 Å². The first kappa shape index (κ1) is 28.2. The van der Waals surface area contributed by atoms with Crippen LogP contribution >= 0.6 is 0 Å². The van der Waals surface area contributed by atoms with Crippen LogP contribution in [0, 0.1) is 0 Å². The van der Waals surface area contributed by atoms with E-state index in [1.54, 1.807) is 0 Å². The smallest absolute Gasteiger partial charge is 0.295 e. The van der Waals surface area contributed by atoms with E-state index >= 15 is 0 Å². The number of hydrogen-bond donors (Lipinski definition) is 3. The van der Waals surface area contributed by atoms with Crippen LogP contribution in [0.4, 0.5) is 5.69 Å². The molecule has 0 fully saturated rings. The second-order valence-electron chi connectivity index (χ2n) is 8.64. The third kappa shape index (κ3) is 9.32. The van der Waals surface area contributed by atoms with Crippen LogP contribution in [0.5, 0.6) is 0 Å². The lowest BCUT2D eigenvalue weighted by molar-refractivity contribution is -0.116. The lowest BCUT2D eigenvalue weighted by Crippen LogP contribution is -2.11. The predicted octanol–water partition coefficient (Wildman–Crippen LogP) is 5.97. The molecule has 0 heterocycles. The number of rotatable bonds is 15. The van der Waals surface area contributed by atoms with Gasteiger partial charge in [0.2, 0.25) is 5.91 Å². The van der Waals surface area contributed by atoms with Crippen molar-refractivity contribution >= 4 is 42.6 Å². The van der Waals surface area contributed by atoms with E-state index in [-0.39, 0.29) is 16.7 Å². The topological polar surface area (TPSA) is 138 Å². The van der Waals surface area contributed by atoms with Gasteiger partial charge in [0.25, 0.3) is 20.2 Å². The van der Waals surface area contributed by atoms with Crippen LogP contribution in [0.1, 0.15) is 84.0 Å². The van der Waals surface area contributed by atoms with Crippen molar-refractivity contribution in [2.45, 2.75) is 93.8 Å². The van der Waals surface area contributed by atoms with Gasteiger partial charge in [-0.2, -0.15) is 16.8 Å². The Bertz CT molecular complexity index is 1180. The zero-order chi connectivity index (χ0) is 25.2. The maximum atomic E-state index is 12.3. The molecule has 0 spiro atoms. The quantitative estimate of drug-likeness (QED) is 0.197. The van der Waals surface area contributed by atoms with Gasteiger partial charge in [0, 0.05) is 17.5 Å². The number of carbonyl (C=O) groups is 1. The average Bonchev–Trinajstić information content (AvgIpc) is 2.75. The van der Waals surface area contributed by atoms with Crippen LogP contribution in [0.2, 0.25) is 0 Å². The number of carbonyl (C=O) groups excluding carboxylic acids is 1. The molecule has 0 saturated carbocycles. The number of unbranched alkanes of at least 4 members (excludes halogenated alkanes) is 10. The predicted molar refractivity (Wildman–Crippen MR) is 133 cm³/mol. The molecule has 0 aromatic heterocycles. The third-order valence-electron chi connectivity index (χ3n) is 5.76. The van der Waals surface area contributed by atoms with Gasteiger partial charge >= 0.3 is 0 Å². The molecule has 190 valence electrons. The molecule has 10 heteroatoms. The summed E-state index contributed by atoms with van der Waals surface area (Å²) in [5.41, 5.74) is 0.324. The number of nitrogens with one attached hydrogen (secondary N) is 1. The molecule has 0 unspecified atom stereocenters. The minimum Gasteiger partial charge on any atom is -0.326 e. The lowest BCUT2D eigenvalue weighted by Gasteiger charge is -2.10. The molecule has 1 amide bonds. The van der Waals surface area contributed by atoms with Gasteiger partial charge in [-0.15, -0.1) is 0 Å². The third-order valence-corrected chi connectivity index (χ3v) is 7.48. The molecule has 8 nitrogen and oxygen atoms in total. The summed E-state index contributed by atoms with van der Waals surface area (Å²) in [4.78, 5) is 11.0. The molecule has 0 aliphatic rings. The van der Waals surface area contributed by atoms with E-state index in [1.165, 1.54) is 69.6 Å². The molecule has 0 aliphatic heterocycles. The molecule has 3 N–H and O–H groups in total. The van der Waals surface area contributed by atoms with Crippen LogP contribution in [0.3, 0.4) is 0 Å². The zero-order valence-electron chi connectivity index (χ0n) is 19.6. The normalized spacial score (nSPS) is 12.2. The van der Waals surface area contributed by atoms with Crippen LogP contribution in [-0.4, -0.2) is 31.8 Å². The number of amides is 1. The van der Waals surface area contributed by atoms with E-state index in [0.29, 0.717) is 18.2 Å². The van der Waals surface area contributed by atoms with Crippen molar-refractivity contribution in [1.29, 1.82) is 0 Å². The second-order valence-corrected chi connectivity index (χ2v) is 11.5. The van der Waals surface area contributed by atoms with Crippen molar-refractivity contribution in [3.63, 3.8) is 0 Å². The summed E-state index contributed by atoms with van der Waals surface area (Å²) in [6.07, 6.45) is 13.3.